The van der Waals surface area contributed by atoms with Gasteiger partial charge < -0.3 is 26.5 Å². The second-order valence-corrected chi connectivity index (χ2v) is 18.5. The van der Waals surface area contributed by atoms with Gasteiger partial charge in [0.1, 0.15) is 75.1 Å². The van der Waals surface area contributed by atoms with E-state index in [1.807, 2.05) is 129 Å². The first-order chi connectivity index (χ1) is 37.7. The van der Waals surface area contributed by atoms with Crippen LogP contribution in [0.2, 0.25) is 15.5 Å². The van der Waals surface area contributed by atoms with Crippen LogP contribution in [-0.4, -0.2) is 103 Å². The van der Waals surface area contributed by atoms with Crippen molar-refractivity contribution in [2.45, 2.75) is 125 Å². The van der Waals surface area contributed by atoms with Gasteiger partial charge >= 0.3 is 39.3 Å². The average Bonchev–Trinajstić information content (AvgIpc) is 4.20. The number of carbonyl (C=O) groups excluding carboxylic acids is 1. The number of nitrogens with two attached hydrogens (primary N) is 2. The summed E-state index contributed by atoms with van der Waals surface area (Å²) in [5.74, 6) is 5.77. The summed E-state index contributed by atoms with van der Waals surface area (Å²) in [7, 11) is 2.00. The molecule has 0 aliphatic rings. The maximum absolute atomic E-state index is 10.4. The van der Waals surface area contributed by atoms with E-state index in [2.05, 4.69) is 115 Å². The number of carbonyl (C=O) groups is 1. The van der Waals surface area contributed by atoms with Crippen molar-refractivity contribution in [1.82, 2.24) is 71.8 Å². The molecule has 0 atom stereocenters. The molecule has 6 N–H and O–H groups in total. The van der Waals surface area contributed by atoms with Gasteiger partial charge in [-0.2, -0.15) is 2.86 Å². The molecule has 20 nitrogen and oxygen atoms in total. The largest absolute Gasteiger partial charge is 0 e. The minimum absolute atomic E-state index is 0. The van der Waals surface area contributed by atoms with Crippen molar-refractivity contribution in [2.75, 3.05) is 25.7 Å². The molecular weight excluding hydrogens is 1680 g/mol. The number of hydrogen-bond acceptors (Lipinski definition) is 15. The number of halogens is 10. The molecule has 0 spiro atoms. The zero-order valence-electron chi connectivity index (χ0n) is 46.8. The molecule has 10 aromatic rings. The van der Waals surface area contributed by atoms with E-state index in [4.69, 9.17) is 61.3 Å². The van der Waals surface area contributed by atoms with E-state index in [1.54, 1.807) is 49.6 Å². The van der Waals surface area contributed by atoms with Crippen LogP contribution in [0.5, 0.6) is 0 Å². The molecule has 0 amide bonds. The van der Waals surface area contributed by atoms with Crippen molar-refractivity contribution in [3.8, 4) is 0 Å². The predicted octanol–water partition coefficient (Wildman–Crippen LogP) is 12.4. The Morgan fingerprint density at radius 2 is 0.605 bits per heavy atom. The van der Waals surface area contributed by atoms with Crippen molar-refractivity contribution in [2.24, 2.45) is 0 Å². The first kappa shape index (κ1) is 86.5. The van der Waals surface area contributed by atoms with Gasteiger partial charge in [0.15, 0.2) is 38.6 Å². The Bertz CT molecular complexity index is 2780. The molecule has 0 saturated heterocycles. The molecule has 0 bridgehead atoms. The number of imidazole rings is 5. The van der Waals surface area contributed by atoms with E-state index in [-0.39, 0.29) is 14.9 Å². The fourth-order valence-corrected chi connectivity index (χ4v) is 7.72. The smallest absolute Gasteiger partial charge is 0 e. The molecule has 10 rings (SSSR count). The summed E-state index contributed by atoms with van der Waals surface area (Å²) in [6, 6.07) is 0. The molecule has 0 aliphatic carbocycles. The number of fused-ring (bicyclic) bond motifs is 5. The SMILES string of the molecule is C.C.C=O.CCC.CCC.CO.CO.Cc1nc(C)n2ccnc(Cl)c12.Cc1nc(C)n2ccnc(Cl)c12.Cc1nc(C)n2ccnc(Cl)c12.Cc1nc(C)n2ccnc(N)c12.Cc1nc(C)n2ccnc(N)c12.FI.F[I-]I.II. The summed E-state index contributed by atoms with van der Waals surface area (Å²) in [6.07, 6.45) is 20.2. The zero-order chi connectivity index (χ0) is 61.7. The normalized spacial score (nSPS) is 9.12. The molecule has 30 heteroatoms. The Labute approximate surface area is 549 Å². The summed E-state index contributed by atoms with van der Waals surface area (Å²) >= 11 is 23.4. The number of aryl methyl sites for hydroxylation is 10. The number of nitrogen functional groups attached to an aromatic ring is 2. The Kier molecular flexibility index (Phi) is 52.3. The van der Waals surface area contributed by atoms with Crippen molar-refractivity contribution in [3.63, 3.8) is 0 Å². The van der Waals surface area contributed by atoms with E-state index in [9.17, 15) is 5.72 Å². The van der Waals surface area contributed by atoms with Crippen molar-refractivity contribution >= 4 is 160 Å². The van der Waals surface area contributed by atoms with E-state index in [1.165, 1.54) is 12.8 Å². The van der Waals surface area contributed by atoms with Crippen LogP contribution in [0.3, 0.4) is 0 Å². The zero-order valence-corrected chi connectivity index (χ0v) is 59.9. The number of aliphatic hydroxyl groups excluding tert-OH is 2. The minimum Gasteiger partial charge on any atom is 0 e. The van der Waals surface area contributed by atoms with Crippen LogP contribution in [0.1, 0.15) is 113 Å². The van der Waals surface area contributed by atoms with Gasteiger partial charge in [0.25, 0.3) is 0 Å². The minimum atomic E-state index is -0.940. The van der Waals surface area contributed by atoms with Crippen LogP contribution < -0.4 is 29.3 Å². The number of rotatable bonds is 0. The maximum atomic E-state index is 10.4. The van der Waals surface area contributed by atoms with Gasteiger partial charge in [-0.05, 0) is 69.2 Å². The molecule has 0 aliphatic heterocycles. The van der Waals surface area contributed by atoms with Crippen molar-refractivity contribution in [3.05, 3.63) is 135 Å². The summed E-state index contributed by atoms with van der Waals surface area (Å²) in [4.78, 5) is 49.4. The molecule has 0 saturated carbocycles. The third-order valence-corrected chi connectivity index (χ3v) is 10.3. The van der Waals surface area contributed by atoms with Gasteiger partial charge in [0.2, 0.25) is 0 Å². The molecule has 0 unspecified atom stereocenters. The van der Waals surface area contributed by atoms with Crippen LogP contribution in [0.15, 0.2) is 62.0 Å². The third kappa shape index (κ3) is 26.6. The van der Waals surface area contributed by atoms with E-state index in [0.29, 0.717) is 50.3 Å². The molecule has 0 fully saturated rings. The van der Waals surface area contributed by atoms with E-state index >= 15 is 0 Å². The van der Waals surface area contributed by atoms with Gasteiger partial charge in [-0.3, -0.25) is 22.0 Å². The van der Waals surface area contributed by atoms with Crippen LogP contribution in [-0.2, 0) is 4.79 Å². The van der Waals surface area contributed by atoms with Crippen LogP contribution in [0, 0.1) is 69.2 Å². The van der Waals surface area contributed by atoms with Crippen LogP contribution in [0.25, 0.3) is 27.6 Å². The topological polar surface area (TPSA) is 261 Å². The number of aromatic nitrogens is 15. The summed E-state index contributed by atoms with van der Waals surface area (Å²) in [5, 5.41) is 15.5. The van der Waals surface area contributed by atoms with E-state index in [0.717, 1.165) is 99.4 Å². The second kappa shape index (κ2) is 49.0. The van der Waals surface area contributed by atoms with Gasteiger partial charge in [-0.15, -0.1) is 0 Å². The maximum Gasteiger partial charge on any atom is 0 e. The number of hydrogen-bond donors (Lipinski definition) is 4. The predicted molar refractivity (Wildman–Crippen MR) is 363 cm³/mol. The summed E-state index contributed by atoms with van der Waals surface area (Å²) in [6.45, 7) is 29.9. The number of aliphatic hydroxyl groups is 2. The van der Waals surface area contributed by atoms with Crippen LogP contribution >= 0.6 is 114 Å². The van der Waals surface area contributed by atoms with Gasteiger partial charge in [0, 0.05) is 113 Å². The number of anilines is 2. The second-order valence-electron chi connectivity index (χ2n) is 15.1. The molecule has 456 valence electrons. The molecule has 10 heterocycles. The quantitative estimate of drug-likeness (QED) is 0.103. The number of nitrogens with zero attached hydrogens (tertiary/aromatic N) is 15. The molecule has 10 aromatic heterocycles. The fourth-order valence-electron chi connectivity index (χ4n) is 6.87. The third-order valence-electron chi connectivity index (χ3n) is 9.45. The van der Waals surface area contributed by atoms with Gasteiger partial charge in [0.05, 0.1) is 28.5 Å². The Morgan fingerprint density at radius 1 is 0.457 bits per heavy atom. The fraction of sp³-hybridized carbons (Fsp3) is 0.392. The Balaban J connectivity index is -0.000000274. The summed E-state index contributed by atoms with van der Waals surface area (Å²) in [5.41, 5.74) is 20.5. The van der Waals surface area contributed by atoms with Crippen molar-refractivity contribution in [1.29, 1.82) is 0 Å². The average molecular weight is 1760 g/mol. The first-order valence-corrected chi connectivity index (χ1v) is 38.4. The van der Waals surface area contributed by atoms with E-state index < -0.39 is 17.8 Å². The van der Waals surface area contributed by atoms with Crippen molar-refractivity contribution < 1.29 is 38.5 Å². The Hall–Kier alpha value is -3.33. The summed E-state index contributed by atoms with van der Waals surface area (Å²) < 4.78 is 29.5. The molecule has 0 radical (unpaired) electrons. The molecule has 81 heavy (non-hydrogen) atoms. The standard InChI is InChI=1S/3C8H8ClN3.2C8H10N4.2C3H8.2CH4O.CH2O.2CH4.FI2.FI.I2/c5*1-5-7-8(9)10-3-4-12(7)6(2)11-5;2*1-3-2;3*1-2;;;1-3-2;2*1-2/h3*3-4H,1-2H3;2*3-4H,1-2H3,(H2,9,10);2*3H2,1-2H3;2*2H,1H3;1H2;2*1H4;;;/q;;;;;;;;;;;;-1;;. The first-order valence-electron chi connectivity index (χ1n) is 23.1. The molecular formula is C51H78Cl3F2I5N17O3-. The van der Waals surface area contributed by atoms with Gasteiger partial charge in [-0.25, -0.2) is 49.8 Å². The monoisotopic (exact) mass is 1750 g/mol. The van der Waals surface area contributed by atoms with Crippen LogP contribution in [0.4, 0.5) is 17.4 Å². The Morgan fingerprint density at radius 3 is 0.765 bits per heavy atom. The van der Waals surface area contributed by atoms with Gasteiger partial charge in [-0.1, -0.05) is 90.2 Å². The molecule has 0 aromatic carbocycles.